The molecule has 4 aromatic rings. The molecule has 49 heavy (non-hydrogen) atoms. The number of nitrogens with zero attached hydrogens (tertiary/aromatic N) is 4. The second-order valence-corrected chi connectivity index (χ2v) is 11.1. The number of tetrazole rings is 1. The second-order valence-electron chi connectivity index (χ2n) is 11.1. The van der Waals surface area contributed by atoms with E-state index >= 15 is 4.39 Å². The van der Waals surface area contributed by atoms with E-state index < -0.39 is 47.2 Å². The molecule has 13 nitrogen and oxygen atoms in total. The normalized spacial score (nSPS) is 11.4. The number of aryl methyl sites for hydroxylation is 1. The van der Waals surface area contributed by atoms with Crippen molar-refractivity contribution in [1.29, 1.82) is 0 Å². The van der Waals surface area contributed by atoms with Gasteiger partial charge in [-0.15, -0.1) is 5.10 Å². The zero-order valence-electron chi connectivity index (χ0n) is 27.2. The minimum absolute atomic E-state index is 0.00991. The molecule has 1 unspecified atom stereocenters. The number of imide groups is 1. The molecule has 0 bridgehead atoms. The maximum atomic E-state index is 16.0. The Balaban J connectivity index is 1.71. The molecule has 258 valence electrons. The van der Waals surface area contributed by atoms with Crippen LogP contribution in [-0.4, -0.2) is 63.0 Å². The Morgan fingerprint density at radius 1 is 0.939 bits per heavy atom. The third-order valence-electron chi connectivity index (χ3n) is 7.52. The molecule has 4 rings (SSSR count). The third-order valence-corrected chi connectivity index (χ3v) is 7.52. The van der Waals surface area contributed by atoms with Crippen LogP contribution in [-0.2, 0) is 20.7 Å². The van der Waals surface area contributed by atoms with Crippen molar-refractivity contribution >= 4 is 35.4 Å². The van der Waals surface area contributed by atoms with Crippen molar-refractivity contribution in [3.05, 3.63) is 88.7 Å². The van der Waals surface area contributed by atoms with Gasteiger partial charge in [0.2, 0.25) is 5.91 Å². The predicted octanol–water partition coefficient (Wildman–Crippen LogP) is 6.80. The number of carboxylic acid groups (broad SMARTS) is 1. The molecule has 0 aliphatic heterocycles. The Labute approximate surface area is 280 Å². The fourth-order valence-corrected chi connectivity index (χ4v) is 4.82. The molecule has 3 N–H and O–H groups in total. The average molecular weight is 679 g/mol. The summed E-state index contributed by atoms with van der Waals surface area (Å²) < 4.78 is 40.4. The molecule has 0 saturated heterocycles. The first-order chi connectivity index (χ1) is 23.5. The van der Waals surface area contributed by atoms with Crippen LogP contribution in [0.2, 0.25) is 0 Å². The molecule has 3 aromatic carbocycles. The number of carbonyl (C=O) groups is 4. The van der Waals surface area contributed by atoms with E-state index in [1.54, 1.807) is 19.1 Å². The largest absolute Gasteiger partial charge is 0.478 e. The quantitative estimate of drug-likeness (QED) is 0.120. The number of carboxylic acids is 1. The van der Waals surface area contributed by atoms with Crippen LogP contribution in [0, 0.1) is 18.6 Å². The number of hydrogen-bond donors (Lipinski definition) is 3. The van der Waals surface area contributed by atoms with Gasteiger partial charge in [-0.3, -0.25) is 4.79 Å². The summed E-state index contributed by atoms with van der Waals surface area (Å²) in [6.45, 7) is 5.31. The molecule has 0 saturated carbocycles. The number of benzene rings is 3. The second kappa shape index (κ2) is 16.9. The van der Waals surface area contributed by atoms with E-state index in [0.29, 0.717) is 47.4 Å². The highest BCUT2D eigenvalue weighted by Gasteiger charge is 2.32. The van der Waals surface area contributed by atoms with Gasteiger partial charge in [0, 0.05) is 11.3 Å². The first kappa shape index (κ1) is 36.1. The first-order valence-corrected chi connectivity index (χ1v) is 15.6. The molecule has 0 radical (unpaired) electrons. The average Bonchev–Trinajstić information content (AvgIpc) is 3.61. The molecule has 15 heteroatoms. The van der Waals surface area contributed by atoms with Crippen LogP contribution >= 0.6 is 0 Å². The number of rotatable bonds is 14. The number of carbonyl (C=O) groups excluding carboxylic acids is 3. The number of halogens is 2. The van der Waals surface area contributed by atoms with Gasteiger partial charge < -0.3 is 19.9 Å². The number of hydrogen-bond acceptors (Lipinski definition) is 9. The van der Waals surface area contributed by atoms with Crippen LogP contribution in [0.15, 0.2) is 54.6 Å². The van der Waals surface area contributed by atoms with Crippen LogP contribution in [0.4, 0.5) is 29.7 Å². The Morgan fingerprint density at radius 2 is 1.59 bits per heavy atom. The Hall–Kier alpha value is -5.73. The number of anilines is 2. The van der Waals surface area contributed by atoms with Crippen molar-refractivity contribution < 1.29 is 42.5 Å². The van der Waals surface area contributed by atoms with Crippen LogP contribution in [0.1, 0.15) is 72.8 Å². The topological polar surface area (TPSA) is 177 Å². The van der Waals surface area contributed by atoms with Gasteiger partial charge >= 0.3 is 18.2 Å². The molecule has 0 spiro atoms. The van der Waals surface area contributed by atoms with Gasteiger partial charge in [-0.05, 0) is 83.6 Å². The van der Waals surface area contributed by atoms with E-state index in [0.717, 1.165) is 12.1 Å². The summed E-state index contributed by atoms with van der Waals surface area (Å²) in [5.74, 6) is -4.44. The number of ether oxygens (including phenoxy) is 2. The zero-order valence-corrected chi connectivity index (χ0v) is 27.2. The predicted molar refractivity (Wildman–Crippen MR) is 174 cm³/mol. The summed E-state index contributed by atoms with van der Waals surface area (Å²) >= 11 is 0. The molecular formula is C34H36F2N6O7. The Bertz CT molecular complexity index is 1760. The summed E-state index contributed by atoms with van der Waals surface area (Å²) in [5.41, 5.74) is 0.0745. The number of H-pyrrole nitrogens is 1. The van der Waals surface area contributed by atoms with Crippen molar-refractivity contribution in [1.82, 2.24) is 20.6 Å². The standard InChI is InChI=1S/C34H36F2N6O7/c1-4-6-16-48-33(46)42(34(47)49-17-7-5-2)27-15-13-24(32(44)45)29(36)28(27)22-10-8-21(9-11-22)19-25(30-38-40-41-39-30)31(43)37-23-12-14-26(35)20(3)18-23/h8-15,18,25H,4-7,16-17,19H2,1-3H3,(H,37,43)(H,44,45)(H,38,39,40,41). The van der Waals surface area contributed by atoms with Gasteiger partial charge in [-0.2, -0.15) is 4.90 Å². The Kier molecular flexibility index (Phi) is 12.5. The van der Waals surface area contributed by atoms with Crippen molar-refractivity contribution in [2.75, 3.05) is 23.4 Å². The lowest BCUT2D eigenvalue weighted by molar-refractivity contribution is -0.117. The lowest BCUT2D eigenvalue weighted by atomic mass is 9.94. The summed E-state index contributed by atoms with van der Waals surface area (Å²) in [5, 5.41) is 26.0. The maximum absolute atomic E-state index is 16.0. The highest BCUT2D eigenvalue weighted by atomic mass is 19.1. The van der Waals surface area contributed by atoms with Gasteiger partial charge in [0.15, 0.2) is 5.82 Å². The smallest absolute Gasteiger partial charge is 0.424 e. The number of nitrogens with one attached hydrogen (secondary N) is 2. The molecule has 1 atom stereocenters. The third kappa shape index (κ3) is 9.00. The summed E-state index contributed by atoms with van der Waals surface area (Å²) in [7, 11) is 0. The molecule has 1 aromatic heterocycles. The van der Waals surface area contributed by atoms with Crippen LogP contribution in [0.3, 0.4) is 0 Å². The maximum Gasteiger partial charge on any atom is 0.424 e. The number of aromatic carboxylic acids is 1. The number of amides is 3. The fourth-order valence-electron chi connectivity index (χ4n) is 4.82. The molecule has 1 heterocycles. The van der Waals surface area contributed by atoms with E-state index in [1.165, 1.54) is 30.3 Å². The van der Waals surface area contributed by atoms with E-state index in [9.17, 15) is 28.7 Å². The minimum Gasteiger partial charge on any atom is -0.478 e. The van der Waals surface area contributed by atoms with Crippen LogP contribution in [0.5, 0.6) is 0 Å². The first-order valence-electron chi connectivity index (χ1n) is 15.6. The highest BCUT2D eigenvalue weighted by molar-refractivity contribution is 6.12. The van der Waals surface area contributed by atoms with E-state index in [4.69, 9.17) is 9.47 Å². The Morgan fingerprint density at radius 3 is 2.14 bits per heavy atom. The van der Waals surface area contributed by atoms with E-state index in [1.807, 2.05) is 13.8 Å². The highest BCUT2D eigenvalue weighted by Crippen LogP contribution is 2.37. The van der Waals surface area contributed by atoms with Gasteiger partial charge in [0.25, 0.3) is 0 Å². The van der Waals surface area contributed by atoms with Crippen molar-refractivity contribution in [3.63, 3.8) is 0 Å². The van der Waals surface area contributed by atoms with Crippen molar-refractivity contribution in [2.24, 2.45) is 0 Å². The fraction of sp³-hybridized carbons (Fsp3) is 0.324. The van der Waals surface area contributed by atoms with Crippen LogP contribution < -0.4 is 10.2 Å². The van der Waals surface area contributed by atoms with Gasteiger partial charge in [-0.25, -0.2) is 28.3 Å². The number of unbranched alkanes of at least 4 members (excludes halogenated alkanes) is 2. The van der Waals surface area contributed by atoms with Gasteiger partial charge in [0.1, 0.15) is 17.6 Å². The SMILES string of the molecule is CCCCOC(=O)N(C(=O)OCCCC)c1ccc(C(=O)O)c(F)c1-c1ccc(CC(C(=O)Nc2ccc(F)c(C)c2)c2nnn[nH]2)cc1. The van der Waals surface area contributed by atoms with E-state index in [2.05, 4.69) is 25.9 Å². The lowest BCUT2D eigenvalue weighted by Gasteiger charge is -2.23. The zero-order chi connectivity index (χ0) is 35.5. The van der Waals surface area contributed by atoms with Gasteiger partial charge in [-0.1, -0.05) is 51.0 Å². The summed E-state index contributed by atoms with van der Waals surface area (Å²) in [6, 6.07) is 12.3. The summed E-state index contributed by atoms with van der Waals surface area (Å²) in [6.07, 6.45) is 0.273. The minimum atomic E-state index is -1.56. The summed E-state index contributed by atoms with van der Waals surface area (Å²) in [4.78, 5) is 52.3. The molecule has 3 amide bonds. The molecular weight excluding hydrogens is 642 g/mol. The molecule has 0 aliphatic rings. The lowest BCUT2D eigenvalue weighted by Crippen LogP contribution is -2.39. The van der Waals surface area contributed by atoms with Crippen molar-refractivity contribution in [3.8, 4) is 11.1 Å². The molecule has 0 fully saturated rings. The number of aromatic amines is 1. The number of aromatic nitrogens is 4. The van der Waals surface area contributed by atoms with Gasteiger partial charge in [0.05, 0.1) is 24.5 Å². The van der Waals surface area contributed by atoms with E-state index in [-0.39, 0.29) is 42.3 Å². The monoisotopic (exact) mass is 678 g/mol. The molecule has 0 aliphatic carbocycles. The van der Waals surface area contributed by atoms with Crippen LogP contribution in [0.25, 0.3) is 11.1 Å². The van der Waals surface area contributed by atoms with Crippen molar-refractivity contribution in [2.45, 2.75) is 58.8 Å².